The van der Waals surface area contributed by atoms with E-state index in [0.717, 1.165) is 5.56 Å². The van der Waals surface area contributed by atoms with E-state index in [2.05, 4.69) is 0 Å². The first kappa shape index (κ1) is 17.8. The molecule has 1 heterocycles. The number of methoxy groups -OCH3 is 2. The van der Waals surface area contributed by atoms with Crippen LogP contribution in [0.2, 0.25) is 0 Å². The molecule has 2 aromatic rings. The number of carbonyl (C=O) groups is 2. The molecule has 0 unspecified atom stereocenters. The van der Waals surface area contributed by atoms with Crippen LogP contribution in [0.15, 0.2) is 48.5 Å². The molecule has 0 spiro atoms. The SMILES string of the molecule is COc1ccc(CC(=O)N2C(=O)OC[C@@H]2Cc2ccccc2)c(OC)c1. The number of hydrogen-bond acceptors (Lipinski definition) is 5. The number of amides is 2. The number of hydrogen-bond donors (Lipinski definition) is 0. The Bertz CT molecular complexity index is 790. The summed E-state index contributed by atoms with van der Waals surface area (Å²) in [7, 11) is 3.10. The van der Waals surface area contributed by atoms with Gasteiger partial charge in [0.25, 0.3) is 0 Å². The molecule has 0 radical (unpaired) electrons. The molecule has 136 valence electrons. The molecule has 0 bridgehead atoms. The molecule has 0 aliphatic carbocycles. The Kier molecular flexibility index (Phi) is 5.41. The van der Waals surface area contributed by atoms with Gasteiger partial charge < -0.3 is 14.2 Å². The zero-order chi connectivity index (χ0) is 18.5. The average Bonchev–Trinajstić information content (AvgIpc) is 3.03. The van der Waals surface area contributed by atoms with Crippen LogP contribution in [-0.4, -0.2) is 43.8 Å². The van der Waals surface area contributed by atoms with Gasteiger partial charge in [-0.1, -0.05) is 36.4 Å². The molecule has 3 rings (SSSR count). The second-order valence-corrected chi connectivity index (χ2v) is 6.04. The van der Waals surface area contributed by atoms with Crippen molar-refractivity contribution < 1.29 is 23.8 Å². The van der Waals surface area contributed by atoms with Gasteiger partial charge in [-0.05, 0) is 18.1 Å². The van der Waals surface area contributed by atoms with E-state index in [-0.39, 0.29) is 25.0 Å². The van der Waals surface area contributed by atoms with Crippen molar-refractivity contribution in [2.45, 2.75) is 18.9 Å². The Balaban J connectivity index is 1.76. The Morgan fingerprint density at radius 1 is 1.15 bits per heavy atom. The molecule has 6 nitrogen and oxygen atoms in total. The molecular formula is C20H21NO5. The van der Waals surface area contributed by atoms with Crippen LogP contribution in [0, 0.1) is 0 Å². The van der Waals surface area contributed by atoms with Crippen molar-refractivity contribution in [2.24, 2.45) is 0 Å². The summed E-state index contributed by atoms with van der Waals surface area (Å²) in [5.74, 6) is 0.877. The van der Waals surface area contributed by atoms with Crippen LogP contribution < -0.4 is 9.47 Å². The summed E-state index contributed by atoms with van der Waals surface area (Å²) >= 11 is 0. The maximum Gasteiger partial charge on any atom is 0.416 e. The molecule has 2 amide bonds. The summed E-state index contributed by atoms with van der Waals surface area (Å²) in [6.07, 6.45) is 0.0226. The first-order valence-corrected chi connectivity index (χ1v) is 8.36. The van der Waals surface area contributed by atoms with Gasteiger partial charge >= 0.3 is 6.09 Å². The quantitative estimate of drug-likeness (QED) is 0.797. The lowest BCUT2D eigenvalue weighted by molar-refractivity contribution is -0.128. The van der Waals surface area contributed by atoms with Crippen LogP contribution >= 0.6 is 0 Å². The average molecular weight is 355 g/mol. The predicted octanol–water partition coefficient (Wildman–Crippen LogP) is 2.84. The van der Waals surface area contributed by atoms with E-state index in [1.807, 2.05) is 30.3 Å². The van der Waals surface area contributed by atoms with Crippen LogP contribution in [-0.2, 0) is 22.4 Å². The van der Waals surface area contributed by atoms with Crippen LogP contribution in [0.25, 0.3) is 0 Å². The van der Waals surface area contributed by atoms with Gasteiger partial charge in [0.05, 0.1) is 26.7 Å². The maximum atomic E-state index is 12.8. The highest BCUT2D eigenvalue weighted by Gasteiger charge is 2.37. The molecule has 2 aromatic carbocycles. The largest absolute Gasteiger partial charge is 0.497 e. The molecule has 26 heavy (non-hydrogen) atoms. The van der Waals surface area contributed by atoms with Crippen molar-refractivity contribution in [3.8, 4) is 11.5 Å². The van der Waals surface area contributed by atoms with Gasteiger partial charge in [-0.2, -0.15) is 0 Å². The molecule has 1 aliphatic rings. The number of nitrogens with zero attached hydrogens (tertiary/aromatic N) is 1. The van der Waals surface area contributed by atoms with Crippen molar-refractivity contribution in [3.63, 3.8) is 0 Å². The minimum Gasteiger partial charge on any atom is -0.497 e. The van der Waals surface area contributed by atoms with Gasteiger partial charge in [0.2, 0.25) is 5.91 Å². The summed E-state index contributed by atoms with van der Waals surface area (Å²) in [6, 6.07) is 14.7. The molecule has 0 saturated carbocycles. The maximum absolute atomic E-state index is 12.8. The first-order chi connectivity index (χ1) is 12.6. The van der Waals surface area contributed by atoms with E-state index in [1.165, 1.54) is 12.0 Å². The highest BCUT2D eigenvalue weighted by atomic mass is 16.6. The van der Waals surface area contributed by atoms with Crippen LogP contribution in [0.3, 0.4) is 0 Å². The number of rotatable bonds is 6. The van der Waals surface area contributed by atoms with Crippen molar-refractivity contribution in [2.75, 3.05) is 20.8 Å². The lowest BCUT2D eigenvalue weighted by Crippen LogP contribution is -2.41. The molecule has 0 N–H and O–H groups in total. The van der Waals surface area contributed by atoms with Crippen molar-refractivity contribution in [3.05, 3.63) is 59.7 Å². The van der Waals surface area contributed by atoms with Gasteiger partial charge in [-0.25, -0.2) is 9.69 Å². The van der Waals surface area contributed by atoms with Gasteiger partial charge in [0.1, 0.15) is 18.1 Å². The summed E-state index contributed by atoms with van der Waals surface area (Å²) in [5.41, 5.74) is 1.74. The van der Waals surface area contributed by atoms with E-state index < -0.39 is 6.09 Å². The number of benzene rings is 2. The van der Waals surface area contributed by atoms with Gasteiger partial charge in [-0.3, -0.25) is 4.79 Å². The molecule has 1 saturated heterocycles. The van der Waals surface area contributed by atoms with E-state index in [9.17, 15) is 9.59 Å². The lowest BCUT2D eigenvalue weighted by atomic mass is 10.0. The third-order valence-corrected chi connectivity index (χ3v) is 4.38. The second kappa shape index (κ2) is 7.91. The van der Waals surface area contributed by atoms with Crippen LogP contribution in [0.1, 0.15) is 11.1 Å². The highest BCUT2D eigenvalue weighted by molar-refractivity contribution is 5.94. The number of cyclic esters (lactones) is 1. The van der Waals surface area contributed by atoms with Crippen molar-refractivity contribution in [1.82, 2.24) is 4.90 Å². The van der Waals surface area contributed by atoms with E-state index in [4.69, 9.17) is 14.2 Å². The fourth-order valence-electron chi connectivity index (χ4n) is 3.05. The smallest absolute Gasteiger partial charge is 0.416 e. The molecular weight excluding hydrogens is 334 g/mol. The normalized spacial score (nSPS) is 16.3. The standard InChI is InChI=1S/C20H21NO5/c1-24-17-9-8-15(18(12-17)25-2)11-19(22)21-16(13-26-20(21)23)10-14-6-4-3-5-7-14/h3-9,12,16H,10-11,13H2,1-2H3/t16-/m0/s1. The fourth-order valence-corrected chi connectivity index (χ4v) is 3.05. The summed E-state index contributed by atoms with van der Waals surface area (Å²) in [5, 5.41) is 0. The van der Waals surface area contributed by atoms with Crippen molar-refractivity contribution >= 4 is 12.0 Å². The monoisotopic (exact) mass is 355 g/mol. The molecule has 1 atom stereocenters. The summed E-state index contributed by atoms with van der Waals surface area (Å²) < 4.78 is 15.6. The Labute approximate surface area is 152 Å². The molecule has 1 fully saturated rings. The first-order valence-electron chi connectivity index (χ1n) is 8.36. The molecule has 1 aliphatic heterocycles. The third-order valence-electron chi connectivity index (χ3n) is 4.38. The minimum absolute atomic E-state index is 0.0492. The zero-order valence-electron chi connectivity index (χ0n) is 14.8. The van der Waals surface area contributed by atoms with Crippen LogP contribution in [0.5, 0.6) is 11.5 Å². The van der Waals surface area contributed by atoms with Crippen molar-refractivity contribution in [1.29, 1.82) is 0 Å². The van der Waals surface area contributed by atoms with Gasteiger partial charge in [0.15, 0.2) is 0 Å². The zero-order valence-corrected chi connectivity index (χ0v) is 14.8. The highest BCUT2D eigenvalue weighted by Crippen LogP contribution is 2.26. The molecule has 6 heteroatoms. The predicted molar refractivity (Wildman–Crippen MR) is 95.4 cm³/mol. The number of imide groups is 1. The minimum atomic E-state index is -0.594. The molecule has 0 aromatic heterocycles. The van der Waals surface area contributed by atoms with Crippen LogP contribution in [0.4, 0.5) is 4.79 Å². The Morgan fingerprint density at radius 3 is 2.62 bits per heavy atom. The summed E-state index contributed by atoms with van der Waals surface area (Å²) in [6.45, 7) is 0.208. The number of ether oxygens (including phenoxy) is 3. The van der Waals surface area contributed by atoms with Gasteiger partial charge in [0, 0.05) is 11.6 Å². The Hall–Kier alpha value is -3.02. The van der Waals surface area contributed by atoms with Gasteiger partial charge in [-0.15, -0.1) is 0 Å². The van der Waals surface area contributed by atoms with E-state index in [1.54, 1.807) is 25.3 Å². The summed E-state index contributed by atoms with van der Waals surface area (Å²) in [4.78, 5) is 26.1. The lowest BCUT2D eigenvalue weighted by Gasteiger charge is -2.20. The Morgan fingerprint density at radius 2 is 1.92 bits per heavy atom. The third kappa shape index (κ3) is 3.79. The van der Waals surface area contributed by atoms with E-state index >= 15 is 0 Å². The number of carbonyl (C=O) groups excluding carboxylic acids is 2. The fraction of sp³-hybridized carbons (Fsp3) is 0.300. The second-order valence-electron chi connectivity index (χ2n) is 6.04. The topological polar surface area (TPSA) is 65.1 Å². The van der Waals surface area contributed by atoms with E-state index in [0.29, 0.717) is 23.5 Å².